The summed E-state index contributed by atoms with van der Waals surface area (Å²) >= 11 is 0. The molecule has 0 radical (unpaired) electrons. The number of nitrogens with zero attached hydrogens (tertiary/aromatic N) is 3. The van der Waals surface area contributed by atoms with Crippen LogP contribution in [0.2, 0.25) is 0 Å². The maximum absolute atomic E-state index is 12.4. The van der Waals surface area contributed by atoms with Crippen molar-refractivity contribution in [2.45, 2.75) is 12.8 Å². The number of rotatable bonds is 8. The van der Waals surface area contributed by atoms with Crippen LogP contribution in [0, 0.1) is 0 Å². The van der Waals surface area contributed by atoms with Crippen molar-refractivity contribution in [3.63, 3.8) is 0 Å². The van der Waals surface area contributed by atoms with Gasteiger partial charge >= 0.3 is 0 Å². The van der Waals surface area contributed by atoms with E-state index in [1.165, 1.54) is 11.4 Å². The Morgan fingerprint density at radius 1 is 1.04 bits per heavy atom. The molecule has 1 aromatic heterocycles. The number of sulfonamides is 1. The number of anilines is 1. The standard InChI is InChI=1S/C18H23N3O3S/c1-20(14-10-16-8-12-19-13-9-16)18(22)11-15-25(23,24)21(2)17-6-4-3-5-7-17/h3-9,12-13H,10-11,14-15H2,1-2H3. The average molecular weight is 361 g/mol. The van der Waals surface area contributed by atoms with E-state index < -0.39 is 10.0 Å². The van der Waals surface area contributed by atoms with E-state index in [-0.39, 0.29) is 18.1 Å². The number of amides is 1. The Hall–Kier alpha value is -2.41. The molecule has 0 spiro atoms. The van der Waals surface area contributed by atoms with Crippen molar-refractivity contribution < 1.29 is 13.2 Å². The smallest absolute Gasteiger partial charge is 0.235 e. The lowest BCUT2D eigenvalue weighted by molar-refractivity contribution is -0.129. The van der Waals surface area contributed by atoms with Crippen molar-refractivity contribution >= 4 is 21.6 Å². The van der Waals surface area contributed by atoms with Gasteiger partial charge in [-0.25, -0.2) is 8.42 Å². The van der Waals surface area contributed by atoms with Gasteiger partial charge in [0.2, 0.25) is 15.9 Å². The Morgan fingerprint density at radius 3 is 2.32 bits per heavy atom. The van der Waals surface area contributed by atoms with Gasteiger partial charge in [-0.05, 0) is 36.2 Å². The maximum Gasteiger partial charge on any atom is 0.235 e. The number of hydrogen-bond acceptors (Lipinski definition) is 4. The molecule has 0 fully saturated rings. The number of aromatic nitrogens is 1. The number of carbonyl (C=O) groups excluding carboxylic acids is 1. The number of hydrogen-bond donors (Lipinski definition) is 0. The number of likely N-dealkylation sites (N-methyl/N-ethyl adjacent to an activating group) is 1. The van der Waals surface area contributed by atoms with Crippen LogP contribution in [0.25, 0.3) is 0 Å². The van der Waals surface area contributed by atoms with Crippen LogP contribution in [0.15, 0.2) is 54.9 Å². The summed E-state index contributed by atoms with van der Waals surface area (Å²) in [5.41, 5.74) is 1.67. The molecule has 6 nitrogen and oxygen atoms in total. The summed E-state index contributed by atoms with van der Waals surface area (Å²) in [4.78, 5) is 17.7. The predicted octanol–water partition coefficient (Wildman–Crippen LogP) is 1.94. The summed E-state index contributed by atoms with van der Waals surface area (Å²) in [5, 5.41) is 0. The number of benzene rings is 1. The molecule has 1 amide bonds. The summed E-state index contributed by atoms with van der Waals surface area (Å²) in [6, 6.07) is 12.6. The molecule has 134 valence electrons. The molecule has 2 rings (SSSR count). The van der Waals surface area contributed by atoms with Crippen LogP contribution in [-0.2, 0) is 21.2 Å². The lowest BCUT2D eigenvalue weighted by Gasteiger charge is -2.21. The van der Waals surface area contributed by atoms with Crippen molar-refractivity contribution in [3.05, 3.63) is 60.4 Å². The zero-order chi connectivity index (χ0) is 18.3. The number of para-hydroxylation sites is 1. The minimum atomic E-state index is -3.53. The van der Waals surface area contributed by atoms with Gasteiger partial charge in [-0.3, -0.25) is 14.1 Å². The minimum Gasteiger partial charge on any atom is -0.345 e. The summed E-state index contributed by atoms with van der Waals surface area (Å²) in [6.45, 7) is 0.539. The van der Waals surface area contributed by atoms with Gasteiger partial charge in [0, 0.05) is 39.5 Å². The third-order valence-electron chi connectivity index (χ3n) is 4.02. The average Bonchev–Trinajstić information content (AvgIpc) is 2.65. The summed E-state index contributed by atoms with van der Waals surface area (Å²) in [7, 11) is -0.338. The first-order valence-electron chi connectivity index (χ1n) is 8.04. The van der Waals surface area contributed by atoms with Crippen LogP contribution < -0.4 is 4.31 Å². The van der Waals surface area contributed by atoms with Crippen molar-refractivity contribution in [1.29, 1.82) is 0 Å². The quantitative estimate of drug-likeness (QED) is 0.720. The molecular formula is C18H23N3O3S. The molecule has 2 aromatic rings. The normalized spacial score (nSPS) is 11.1. The van der Waals surface area contributed by atoms with Gasteiger partial charge < -0.3 is 4.90 Å². The van der Waals surface area contributed by atoms with Crippen molar-refractivity contribution in [2.24, 2.45) is 0 Å². The van der Waals surface area contributed by atoms with Crippen LogP contribution in [0.1, 0.15) is 12.0 Å². The third kappa shape index (κ3) is 5.56. The lowest BCUT2D eigenvalue weighted by atomic mass is 10.2. The first-order chi connectivity index (χ1) is 11.9. The molecule has 0 N–H and O–H groups in total. The van der Waals surface area contributed by atoms with Gasteiger partial charge in [-0.15, -0.1) is 0 Å². The largest absolute Gasteiger partial charge is 0.345 e. The predicted molar refractivity (Wildman–Crippen MR) is 98.8 cm³/mol. The fourth-order valence-corrected chi connectivity index (χ4v) is 3.46. The van der Waals surface area contributed by atoms with E-state index >= 15 is 0 Å². The first-order valence-corrected chi connectivity index (χ1v) is 9.65. The Kier molecular flexibility index (Phi) is 6.52. The Bertz CT molecular complexity index is 780. The van der Waals surface area contributed by atoms with Crippen LogP contribution in [-0.4, -0.2) is 50.6 Å². The van der Waals surface area contributed by atoms with Gasteiger partial charge in [-0.1, -0.05) is 18.2 Å². The summed E-state index contributed by atoms with van der Waals surface area (Å²) < 4.78 is 26.0. The van der Waals surface area contributed by atoms with Crippen molar-refractivity contribution in [3.8, 4) is 0 Å². The van der Waals surface area contributed by atoms with E-state index in [0.29, 0.717) is 18.7 Å². The first kappa shape index (κ1) is 18.9. The summed E-state index contributed by atoms with van der Waals surface area (Å²) in [5.74, 6) is -0.393. The Labute approximate surface area is 149 Å². The molecule has 0 atom stereocenters. The molecule has 0 saturated heterocycles. The Balaban J connectivity index is 1.85. The fraction of sp³-hybridized carbons (Fsp3) is 0.333. The van der Waals surface area contributed by atoms with Crippen molar-refractivity contribution in [2.75, 3.05) is 30.7 Å². The molecule has 7 heteroatoms. The van der Waals surface area contributed by atoms with E-state index in [0.717, 1.165) is 5.56 Å². The summed E-state index contributed by atoms with van der Waals surface area (Å²) in [6.07, 6.45) is 4.10. The highest BCUT2D eigenvalue weighted by Gasteiger charge is 2.21. The molecular weight excluding hydrogens is 338 g/mol. The van der Waals surface area contributed by atoms with Gasteiger partial charge in [0.15, 0.2) is 0 Å². The topological polar surface area (TPSA) is 70.6 Å². The third-order valence-corrected chi connectivity index (χ3v) is 5.79. The molecule has 0 bridgehead atoms. The van der Waals surface area contributed by atoms with E-state index in [1.54, 1.807) is 48.6 Å². The van der Waals surface area contributed by atoms with Crippen molar-refractivity contribution in [1.82, 2.24) is 9.88 Å². The minimum absolute atomic E-state index is 0.0354. The van der Waals surface area contributed by atoms with E-state index in [2.05, 4.69) is 4.98 Å². The van der Waals surface area contributed by atoms with Gasteiger partial charge in [0.05, 0.1) is 11.4 Å². The van der Waals surface area contributed by atoms with E-state index in [9.17, 15) is 13.2 Å². The molecule has 0 saturated carbocycles. The second-order valence-electron chi connectivity index (χ2n) is 5.79. The van der Waals surface area contributed by atoms with Crippen LogP contribution in [0.4, 0.5) is 5.69 Å². The number of carbonyl (C=O) groups is 1. The highest BCUT2D eigenvalue weighted by molar-refractivity contribution is 7.92. The highest BCUT2D eigenvalue weighted by atomic mass is 32.2. The zero-order valence-corrected chi connectivity index (χ0v) is 15.3. The molecule has 1 aromatic carbocycles. The van der Waals surface area contributed by atoms with Crippen LogP contribution in [0.5, 0.6) is 0 Å². The zero-order valence-electron chi connectivity index (χ0n) is 14.5. The van der Waals surface area contributed by atoms with Crippen LogP contribution >= 0.6 is 0 Å². The van der Waals surface area contributed by atoms with Gasteiger partial charge in [0.25, 0.3) is 0 Å². The molecule has 25 heavy (non-hydrogen) atoms. The van der Waals surface area contributed by atoms with E-state index in [4.69, 9.17) is 0 Å². The van der Waals surface area contributed by atoms with E-state index in [1.807, 2.05) is 18.2 Å². The monoisotopic (exact) mass is 361 g/mol. The lowest BCUT2D eigenvalue weighted by Crippen LogP contribution is -2.34. The second kappa shape index (κ2) is 8.62. The molecule has 1 heterocycles. The van der Waals surface area contributed by atoms with Gasteiger partial charge in [-0.2, -0.15) is 0 Å². The highest BCUT2D eigenvalue weighted by Crippen LogP contribution is 2.16. The fourth-order valence-electron chi connectivity index (χ4n) is 2.31. The van der Waals surface area contributed by atoms with Gasteiger partial charge in [0.1, 0.15) is 0 Å². The van der Waals surface area contributed by atoms with Crippen LogP contribution in [0.3, 0.4) is 0 Å². The number of pyridine rings is 1. The second-order valence-corrected chi connectivity index (χ2v) is 7.91. The Morgan fingerprint density at radius 2 is 1.68 bits per heavy atom. The molecule has 0 aliphatic carbocycles. The molecule has 0 aliphatic rings. The SMILES string of the molecule is CN(CCc1ccncc1)C(=O)CCS(=O)(=O)N(C)c1ccccc1. The molecule has 0 unspecified atom stereocenters. The molecule has 0 aliphatic heterocycles. The maximum atomic E-state index is 12.4.